The Labute approximate surface area is 121 Å². The van der Waals surface area contributed by atoms with Crippen molar-refractivity contribution in [1.82, 2.24) is 9.97 Å². The number of anilines is 1. The highest BCUT2D eigenvalue weighted by Gasteiger charge is 2.08. The molecule has 100 valence electrons. The van der Waals surface area contributed by atoms with E-state index in [0.717, 1.165) is 26.6 Å². The number of aromatic nitrogens is 2. The first-order valence-corrected chi connectivity index (χ1v) is 6.90. The summed E-state index contributed by atoms with van der Waals surface area (Å²) in [7, 11) is 1.64. The van der Waals surface area contributed by atoms with Gasteiger partial charge in [0, 0.05) is 16.0 Å². The van der Waals surface area contributed by atoms with Gasteiger partial charge in [0.25, 0.3) is 0 Å². The number of nitrogens with zero attached hydrogens (tertiary/aromatic N) is 2. The number of methoxy groups -OCH3 is 1. The summed E-state index contributed by atoms with van der Waals surface area (Å²) in [4.78, 5) is 9.54. The van der Waals surface area contributed by atoms with Gasteiger partial charge in [-0.05, 0) is 24.3 Å². The molecule has 0 saturated carbocycles. The van der Waals surface area contributed by atoms with Crippen molar-refractivity contribution < 1.29 is 4.74 Å². The van der Waals surface area contributed by atoms with E-state index in [1.54, 1.807) is 13.4 Å². The molecule has 0 aliphatic carbocycles. The molecule has 0 atom stereocenters. The zero-order valence-electron chi connectivity index (χ0n) is 10.9. The maximum absolute atomic E-state index is 6.02. The Morgan fingerprint density at radius 2 is 1.95 bits per heavy atom. The molecular weight excluding hydrogens is 270 g/mol. The fraction of sp³-hybridized carbons (Fsp3) is 0.0667. The molecule has 1 aromatic heterocycles. The molecule has 0 radical (unpaired) electrons. The number of fused-ring (bicyclic) bond motifs is 1. The number of benzene rings is 2. The molecule has 3 aromatic rings. The van der Waals surface area contributed by atoms with Crippen molar-refractivity contribution in [3.8, 4) is 5.75 Å². The Kier molecular flexibility index (Phi) is 3.43. The topological polar surface area (TPSA) is 61.0 Å². The summed E-state index contributed by atoms with van der Waals surface area (Å²) in [5.41, 5.74) is 7.65. The minimum Gasteiger partial charge on any atom is -0.497 e. The van der Waals surface area contributed by atoms with Crippen LogP contribution in [-0.4, -0.2) is 17.1 Å². The number of nitrogen functional groups attached to an aromatic ring is 1. The zero-order valence-corrected chi connectivity index (χ0v) is 11.7. The first-order valence-electron chi connectivity index (χ1n) is 6.09. The number of hydrogen-bond donors (Lipinski definition) is 1. The van der Waals surface area contributed by atoms with Crippen LogP contribution in [0.5, 0.6) is 5.75 Å². The maximum Gasteiger partial charge on any atom is 0.120 e. The lowest BCUT2D eigenvalue weighted by Gasteiger charge is -2.08. The normalized spacial score (nSPS) is 10.7. The van der Waals surface area contributed by atoms with Gasteiger partial charge in [-0.1, -0.05) is 30.0 Å². The van der Waals surface area contributed by atoms with Gasteiger partial charge in [-0.25, -0.2) is 9.97 Å². The molecule has 2 N–H and O–H groups in total. The van der Waals surface area contributed by atoms with Crippen LogP contribution < -0.4 is 10.5 Å². The molecule has 0 aliphatic rings. The molecule has 4 nitrogen and oxygen atoms in total. The van der Waals surface area contributed by atoms with E-state index in [9.17, 15) is 0 Å². The molecule has 0 fully saturated rings. The Morgan fingerprint density at radius 3 is 2.80 bits per heavy atom. The third-order valence-electron chi connectivity index (χ3n) is 2.93. The first kappa shape index (κ1) is 12.7. The summed E-state index contributed by atoms with van der Waals surface area (Å²) in [6.45, 7) is 0. The Morgan fingerprint density at radius 1 is 1.10 bits per heavy atom. The summed E-state index contributed by atoms with van der Waals surface area (Å²) in [5, 5.41) is 1.90. The molecule has 0 unspecified atom stereocenters. The van der Waals surface area contributed by atoms with Gasteiger partial charge >= 0.3 is 0 Å². The van der Waals surface area contributed by atoms with Gasteiger partial charge in [0.2, 0.25) is 0 Å². The summed E-state index contributed by atoms with van der Waals surface area (Å²) in [5.74, 6) is 0.778. The predicted octanol–water partition coefficient (Wildman–Crippen LogP) is 3.37. The van der Waals surface area contributed by atoms with Gasteiger partial charge in [-0.3, -0.25) is 0 Å². The lowest BCUT2D eigenvalue weighted by molar-refractivity contribution is 0.414. The largest absolute Gasteiger partial charge is 0.497 e. The third kappa shape index (κ3) is 2.40. The second kappa shape index (κ2) is 5.38. The van der Waals surface area contributed by atoms with E-state index in [1.807, 2.05) is 42.5 Å². The fourth-order valence-corrected chi connectivity index (χ4v) is 2.85. The van der Waals surface area contributed by atoms with Crippen LogP contribution in [0.25, 0.3) is 10.9 Å². The first-order chi connectivity index (χ1) is 9.78. The van der Waals surface area contributed by atoms with Crippen molar-refractivity contribution >= 4 is 28.4 Å². The van der Waals surface area contributed by atoms with Gasteiger partial charge in [-0.15, -0.1) is 0 Å². The van der Waals surface area contributed by atoms with Crippen LogP contribution in [0.4, 0.5) is 5.69 Å². The minimum absolute atomic E-state index is 0.707. The fourth-order valence-electron chi connectivity index (χ4n) is 1.90. The third-order valence-corrected chi connectivity index (χ3v) is 4.03. The van der Waals surface area contributed by atoms with Crippen LogP contribution in [0.2, 0.25) is 0 Å². The molecule has 0 spiro atoms. The minimum atomic E-state index is 0.707. The van der Waals surface area contributed by atoms with Crippen LogP contribution in [-0.2, 0) is 0 Å². The molecule has 2 aromatic carbocycles. The highest BCUT2D eigenvalue weighted by Crippen LogP contribution is 2.36. The van der Waals surface area contributed by atoms with Crippen LogP contribution >= 0.6 is 11.8 Å². The van der Waals surface area contributed by atoms with Crippen LogP contribution in [0.3, 0.4) is 0 Å². The molecule has 0 amide bonds. The summed E-state index contributed by atoms with van der Waals surface area (Å²) >= 11 is 1.52. The average Bonchev–Trinajstić information content (AvgIpc) is 2.50. The Balaban J connectivity index is 2.05. The van der Waals surface area contributed by atoms with Gasteiger partial charge in [-0.2, -0.15) is 0 Å². The van der Waals surface area contributed by atoms with E-state index in [2.05, 4.69) is 9.97 Å². The quantitative estimate of drug-likeness (QED) is 0.590. The summed E-state index contributed by atoms with van der Waals surface area (Å²) in [6, 6.07) is 13.5. The molecule has 0 bridgehead atoms. The SMILES string of the molecule is COc1ccc(N)c(Sc2ncnc3ccccc23)c1. The van der Waals surface area contributed by atoms with Gasteiger partial charge in [0.15, 0.2) is 0 Å². The van der Waals surface area contributed by atoms with Gasteiger partial charge < -0.3 is 10.5 Å². The lowest BCUT2D eigenvalue weighted by Crippen LogP contribution is -1.92. The van der Waals surface area contributed by atoms with Crippen LogP contribution in [0.15, 0.2) is 58.7 Å². The summed E-state index contributed by atoms with van der Waals surface area (Å²) in [6.07, 6.45) is 1.57. The molecule has 1 heterocycles. The highest BCUT2D eigenvalue weighted by molar-refractivity contribution is 7.99. The maximum atomic E-state index is 6.02. The number of rotatable bonds is 3. The number of para-hydroxylation sites is 1. The molecule has 20 heavy (non-hydrogen) atoms. The average molecular weight is 283 g/mol. The summed E-state index contributed by atoms with van der Waals surface area (Å²) < 4.78 is 5.23. The molecule has 0 aliphatic heterocycles. The van der Waals surface area contributed by atoms with Crippen molar-refractivity contribution in [2.24, 2.45) is 0 Å². The second-order valence-corrected chi connectivity index (χ2v) is 5.23. The van der Waals surface area contributed by atoms with Crippen molar-refractivity contribution in [1.29, 1.82) is 0 Å². The Hall–Kier alpha value is -2.27. The molecule has 0 saturated heterocycles. The smallest absolute Gasteiger partial charge is 0.120 e. The zero-order chi connectivity index (χ0) is 13.9. The van der Waals surface area contributed by atoms with Gasteiger partial charge in [0.1, 0.15) is 17.1 Å². The van der Waals surface area contributed by atoms with E-state index in [1.165, 1.54) is 11.8 Å². The number of nitrogens with two attached hydrogens (primary N) is 1. The van der Waals surface area contributed by atoms with Crippen molar-refractivity contribution in [3.05, 3.63) is 48.8 Å². The van der Waals surface area contributed by atoms with Crippen molar-refractivity contribution in [2.45, 2.75) is 9.92 Å². The molecule has 5 heteroatoms. The van der Waals surface area contributed by atoms with Crippen molar-refractivity contribution in [3.63, 3.8) is 0 Å². The standard InChI is InChI=1S/C15H13N3OS/c1-19-10-6-7-12(16)14(8-10)20-15-11-4-2-3-5-13(11)17-9-18-15/h2-9H,16H2,1H3. The van der Waals surface area contributed by atoms with Gasteiger partial charge in [0.05, 0.1) is 12.6 Å². The lowest BCUT2D eigenvalue weighted by atomic mass is 10.2. The number of hydrogen-bond acceptors (Lipinski definition) is 5. The van der Waals surface area contributed by atoms with E-state index in [4.69, 9.17) is 10.5 Å². The second-order valence-electron chi connectivity index (χ2n) is 4.20. The van der Waals surface area contributed by atoms with Crippen LogP contribution in [0.1, 0.15) is 0 Å². The predicted molar refractivity (Wildman–Crippen MR) is 81.1 cm³/mol. The highest BCUT2D eigenvalue weighted by atomic mass is 32.2. The molecular formula is C15H13N3OS. The van der Waals surface area contributed by atoms with E-state index in [0.29, 0.717) is 5.69 Å². The monoisotopic (exact) mass is 283 g/mol. The van der Waals surface area contributed by atoms with Crippen LogP contribution in [0, 0.1) is 0 Å². The number of ether oxygens (including phenoxy) is 1. The van der Waals surface area contributed by atoms with E-state index >= 15 is 0 Å². The molecule has 3 rings (SSSR count). The van der Waals surface area contributed by atoms with Crippen molar-refractivity contribution in [2.75, 3.05) is 12.8 Å². The Bertz CT molecular complexity index is 756. The van der Waals surface area contributed by atoms with E-state index in [-0.39, 0.29) is 0 Å². The van der Waals surface area contributed by atoms with E-state index < -0.39 is 0 Å².